The van der Waals surface area contributed by atoms with E-state index in [9.17, 15) is 4.79 Å². The summed E-state index contributed by atoms with van der Waals surface area (Å²) in [6.45, 7) is 7.05. The Morgan fingerprint density at radius 2 is 2.10 bits per heavy atom. The largest absolute Gasteiger partial charge is 0.481 e. The number of unbranched alkanes of at least 4 members (excludes halogenated alkanes) is 4. The molecular weight excluding hydrogens is 256 g/mol. The van der Waals surface area contributed by atoms with Gasteiger partial charge in [-0.15, -0.1) is 0 Å². The molecule has 0 radical (unpaired) electrons. The number of hydrogen-bond acceptors (Lipinski definition) is 4. The van der Waals surface area contributed by atoms with Crippen molar-refractivity contribution in [2.24, 2.45) is 5.92 Å². The van der Waals surface area contributed by atoms with Crippen LogP contribution in [0.15, 0.2) is 10.6 Å². The number of aromatic nitrogens is 1. The third-order valence-electron chi connectivity index (χ3n) is 3.39. The summed E-state index contributed by atoms with van der Waals surface area (Å²) in [5.74, 6) is 0.300. The van der Waals surface area contributed by atoms with Crippen LogP contribution in [0.5, 0.6) is 0 Å². The van der Waals surface area contributed by atoms with Gasteiger partial charge in [-0.3, -0.25) is 4.79 Å². The van der Waals surface area contributed by atoms with Crippen molar-refractivity contribution in [2.45, 2.75) is 52.9 Å². The molecule has 0 saturated carbocycles. The highest BCUT2D eigenvalue weighted by Crippen LogP contribution is 2.17. The second-order valence-electron chi connectivity index (χ2n) is 5.40. The van der Waals surface area contributed by atoms with E-state index in [0.717, 1.165) is 24.5 Å². The molecule has 0 fully saturated rings. The molecule has 0 amide bonds. The topological polar surface area (TPSA) is 66.6 Å². The smallest absolute Gasteiger partial charge is 0.308 e. The summed E-state index contributed by atoms with van der Waals surface area (Å²) in [6.07, 6.45) is 5.94. The molecule has 0 bridgehead atoms. The second-order valence-corrected chi connectivity index (χ2v) is 5.40. The third-order valence-corrected chi connectivity index (χ3v) is 3.39. The number of anilines is 1. The summed E-state index contributed by atoms with van der Waals surface area (Å²) in [5, 5.41) is 13.1. The van der Waals surface area contributed by atoms with Crippen molar-refractivity contribution < 1.29 is 14.4 Å². The summed E-state index contributed by atoms with van der Waals surface area (Å²) in [6, 6.07) is 1.86. The van der Waals surface area contributed by atoms with Crippen molar-refractivity contribution in [3.05, 3.63) is 11.8 Å². The SMILES string of the molecule is CCCCCCCN(CC(C)C(=O)O)c1cc(C)on1. The standard InChI is InChI=1S/C15H26N2O3/c1-4-5-6-7-8-9-17(11-12(2)15(18)19)14-10-13(3)20-16-14/h10,12H,4-9,11H2,1-3H3,(H,18,19). The minimum absolute atomic E-state index is 0.414. The van der Waals surface area contributed by atoms with E-state index >= 15 is 0 Å². The molecule has 1 rings (SSSR count). The zero-order valence-electron chi connectivity index (χ0n) is 12.8. The van der Waals surface area contributed by atoms with Gasteiger partial charge in [0.05, 0.1) is 5.92 Å². The maximum atomic E-state index is 11.0. The highest BCUT2D eigenvalue weighted by atomic mass is 16.5. The van der Waals surface area contributed by atoms with Crippen LogP contribution in [0.2, 0.25) is 0 Å². The Balaban J connectivity index is 2.53. The van der Waals surface area contributed by atoms with E-state index in [1.807, 2.05) is 17.9 Å². The number of carbonyl (C=O) groups is 1. The van der Waals surface area contributed by atoms with Crippen molar-refractivity contribution in [2.75, 3.05) is 18.0 Å². The van der Waals surface area contributed by atoms with Crippen molar-refractivity contribution in [1.82, 2.24) is 5.16 Å². The highest BCUT2D eigenvalue weighted by molar-refractivity contribution is 5.70. The molecule has 5 nitrogen and oxygen atoms in total. The maximum absolute atomic E-state index is 11.0. The fourth-order valence-corrected chi connectivity index (χ4v) is 2.12. The molecule has 5 heteroatoms. The van der Waals surface area contributed by atoms with Crippen LogP contribution in [-0.2, 0) is 4.79 Å². The van der Waals surface area contributed by atoms with Crippen LogP contribution in [0.1, 0.15) is 51.7 Å². The molecule has 1 N–H and O–H groups in total. The molecule has 0 aliphatic carbocycles. The van der Waals surface area contributed by atoms with E-state index in [-0.39, 0.29) is 0 Å². The Hall–Kier alpha value is -1.52. The van der Waals surface area contributed by atoms with E-state index in [0.29, 0.717) is 6.54 Å². The molecule has 0 spiro atoms. The third kappa shape index (κ3) is 5.63. The maximum Gasteiger partial charge on any atom is 0.308 e. The first kappa shape index (κ1) is 16.5. The van der Waals surface area contributed by atoms with Gasteiger partial charge in [-0.05, 0) is 13.3 Å². The number of aliphatic carboxylic acids is 1. The van der Waals surface area contributed by atoms with Crippen LogP contribution in [0.4, 0.5) is 5.82 Å². The molecule has 1 heterocycles. The molecule has 1 unspecified atom stereocenters. The van der Waals surface area contributed by atoms with Gasteiger partial charge in [0.25, 0.3) is 0 Å². The Morgan fingerprint density at radius 3 is 2.65 bits per heavy atom. The Morgan fingerprint density at radius 1 is 1.40 bits per heavy atom. The minimum Gasteiger partial charge on any atom is -0.481 e. The van der Waals surface area contributed by atoms with Crippen LogP contribution in [0.25, 0.3) is 0 Å². The molecule has 20 heavy (non-hydrogen) atoms. The molecule has 1 aromatic heterocycles. The quantitative estimate of drug-likeness (QED) is 0.665. The number of aryl methyl sites for hydroxylation is 1. The minimum atomic E-state index is -0.777. The zero-order chi connectivity index (χ0) is 15.0. The van der Waals surface area contributed by atoms with Crippen LogP contribution in [0.3, 0.4) is 0 Å². The second kappa shape index (κ2) is 8.61. The van der Waals surface area contributed by atoms with Crippen LogP contribution in [-0.4, -0.2) is 29.3 Å². The number of nitrogens with zero attached hydrogens (tertiary/aromatic N) is 2. The summed E-state index contributed by atoms with van der Waals surface area (Å²) >= 11 is 0. The molecule has 0 saturated heterocycles. The van der Waals surface area contributed by atoms with Gasteiger partial charge in [-0.25, -0.2) is 0 Å². The molecule has 1 aromatic rings. The number of carboxylic acid groups (broad SMARTS) is 1. The predicted molar refractivity (Wildman–Crippen MR) is 79.0 cm³/mol. The van der Waals surface area contributed by atoms with E-state index in [1.165, 1.54) is 25.7 Å². The number of carboxylic acids is 1. The first-order chi connectivity index (χ1) is 9.54. The fourth-order valence-electron chi connectivity index (χ4n) is 2.12. The fraction of sp³-hybridized carbons (Fsp3) is 0.733. The lowest BCUT2D eigenvalue weighted by molar-refractivity contribution is -0.140. The first-order valence-corrected chi connectivity index (χ1v) is 7.45. The van der Waals surface area contributed by atoms with Gasteiger partial charge in [0.1, 0.15) is 5.76 Å². The average molecular weight is 282 g/mol. The van der Waals surface area contributed by atoms with Crippen molar-refractivity contribution in [1.29, 1.82) is 0 Å². The van der Waals surface area contributed by atoms with Gasteiger partial charge in [-0.1, -0.05) is 44.7 Å². The lowest BCUT2D eigenvalue weighted by atomic mass is 10.1. The van der Waals surface area contributed by atoms with Crippen molar-refractivity contribution in [3.63, 3.8) is 0 Å². The summed E-state index contributed by atoms with van der Waals surface area (Å²) in [5.41, 5.74) is 0. The van der Waals surface area contributed by atoms with Crippen molar-refractivity contribution in [3.8, 4) is 0 Å². The normalized spacial score (nSPS) is 12.3. The van der Waals surface area contributed by atoms with Crippen LogP contribution >= 0.6 is 0 Å². The van der Waals surface area contributed by atoms with Gasteiger partial charge < -0.3 is 14.5 Å². The van der Waals surface area contributed by atoms with Crippen LogP contribution < -0.4 is 4.90 Å². The van der Waals surface area contributed by atoms with E-state index in [2.05, 4.69) is 12.1 Å². The highest BCUT2D eigenvalue weighted by Gasteiger charge is 2.18. The van der Waals surface area contributed by atoms with Gasteiger partial charge in [0.15, 0.2) is 5.82 Å². The first-order valence-electron chi connectivity index (χ1n) is 7.45. The van der Waals surface area contributed by atoms with E-state index in [4.69, 9.17) is 9.63 Å². The summed E-state index contributed by atoms with van der Waals surface area (Å²) in [4.78, 5) is 13.0. The Labute approximate surface area is 120 Å². The van der Waals surface area contributed by atoms with Gasteiger partial charge in [0, 0.05) is 19.2 Å². The lowest BCUT2D eigenvalue weighted by Gasteiger charge is -2.23. The Bertz CT molecular complexity index is 404. The van der Waals surface area contributed by atoms with E-state index < -0.39 is 11.9 Å². The molecular formula is C15H26N2O3. The molecule has 0 aliphatic rings. The number of hydrogen-bond donors (Lipinski definition) is 1. The molecule has 0 aromatic carbocycles. The summed E-state index contributed by atoms with van der Waals surface area (Å²) in [7, 11) is 0. The van der Waals surface area contributed by atoms with E-state index in [1.54, 1.807) is 6.92 Å². The van der Waals surface area contributed by atoms with Crippen LogP contribution in [0, 0.1) is 12.8 Å². The average Bonchev–Trinajstić information content (AvgIpc) is 2.83. The summed E-state index contributed by atoms with van der Waals surface area (Å²) < 4.78 is 5.09. The molecule has 114 valence electrons. The lowest BCUT2D eigenvalue weighted by Crippen LogP contribution is -2.33. The van der Waals surface area contributed by atoms with Gasteiger partial charge in [-0.2, -0.15) is 0 Å². The van der Waals surface area contributed by atoms with Crippen molar-refractivity contribution >= 4 is 11.8 Å². The van der Waals surface area contributed by atoms with Gasteiger partial charge >= 0.3 is 5.97 Å². The monoisotopic (exact) mass is 282 g/mol. The number of rotatable bonds is 10. The molecule has 1 atom stereocenters. The zero-order valence-corrected chi connectivity index (χ0v) is 12.8. The predicted octanol–water partition coefficient (Wildman–Crippen LogP) is 3.48. The molecule has 0 aliphatic heterocycles. The van der Waals surface area contributed by atoms with Gasteiger partial charge in [0.2, 0.25) is 0 Å². The Kier molecular flexibility index (Phi) is 7.12.